The van der Waals surface area contributed by atoms with Crippen LogP contribution in [0.1, 0.15) is 36.8 Å². The van der Waals surface area contributed by atoms with Gasteiger partial charge in [-0.25, -0.2) is 0 Å². The van der Waals surface area contributed by atoms with E-state index in [4.69, 9.17) is 0 Å². The van der Waals surface area contributed by atoms with Crippen LogP contribution in [0.2, 0.25) is 0 Å². The van der Waals surface area contributed by atoms with E-state index in [1.165, 1.54) is 58.6 Å². The van der Waals surface area contributed by atoms with Crippen molar-refractivity contribution in [2.24, 2.45) is 0 Å². The Bertz CT molecular complexity index is 975. The molecule has 2 atom stereocenters. The van der Waals surface area contributed by atoms with Gasteiger partial charge >= 0.3 is 0 Å². The molecule has 0 bridgehead atoms. The van der Waals surface area contributed by atoms with Crippen LogP contribution < -0.4 is 10.6 Å². The van der Waals surface area contributed by atoms with Gasteiger partial charge < -0.3 is 20.6 Å². The summed E-state index contributed by atoms with van der Waals surface area (Å²) >= 11 is 0. The van der Waals surface area contributed by atoms with E-state index in [0.717, 1.165) is 13.1 Å². The molecule has 4 N–H and O–H groups in total. The minimum absolute atomic E-state index is 0.530. The van der Waals surface area contributed by atoms with Gasteiger partial charge in [0.15, 0.2) is 0 Å². The molecule has 0 radical (unpaired) electrons. The molecule has 4 aromatic rings. The van der Waals surface area contributed by atoms with Crippen molar-refractivity contribution in [3.8, 4) is 0 Å². The Morgan fingerprint density at radius 3 is 1.68 bits per heavy atom. The fraction of sp³-hybridized carbons (Fsp3) is 0.333. The molecule has 144 valence electrons. The second kappa shape index (κ2) is 7.82. The summed E-state index contributed by atoms with van der Waals surface area (Å²) in [6.45, 7) is 1.85. The van der Waals surface area contributed by atoms with E-state index in [-0.39, 0.29) is 0 Å². The molecular formula is C24H28N4. The molecular weight excluding hydrogens is 344 g/mol. The van der Waals surface area contributed by atoms with Gasteiger partial charge in [-0.3, -0.25) is 0 Å². The Kier molecular flexibility index (Phi) is 4.90. The number of rotatable bonds is 6. The van der Waals surface area contributed by atoms with Crippen LogP contribution in [0, 0.1) is 0 Å². The van der Waals surface area contributed by atoms with Gasteiger partial charge in [0.1, 0.15) is 0 Å². The van der Waals surface area contributed by atoms with Crippen LogP contribution in [0.15, 0.2) is 60.9 Å². The molecule has 1 aliphatic rings. The van der Waals surface area contributed by atoms with Gasteiger partial charge in [0.2, 0.25) is 0 Å². The van der Waals surface area contributed by atoms with E-state index in [1.54, 1.807) is 0 Å². The van der Waals surface area contributed by atoms with Gasteiger partial charge in [0.25, 0.3) is 0 Å². The van der Waals surface area contributed by atoms with E-state index >= 15 is 0 Å². The summed E-state index contributed by atoms with van der Waals surface area (Å²) in [4.78, 5) is 6.63. The van der Waals surface area contributed by atoms with E-state index < -0.39 is 0 Å². The zero-order valence-corrected chi connectivity index (χ0v) is 16.2. The topological polar surface area (TPSA) is 55.6 Å². The molecule has 1 saturated carbocycles. The Hall–Kier alpha value is -2.56. The van der Waals surface area contributed by atoms with Gasteiger partial charge in [-0.1, -0.05) is 37.1 Å². The molecule has 1 aliphatic carbocycles. The molecule has 4 nitrogen and oxygen atoms in total. The highest BCUT2D eigenvalue weighted by Gasteiger charge is 2.24. The van der Waals surface area contributed by atoms with E-state index in [9.17, 15) is 0 Å². The molecule has 2 heterocycles. The first-order valence-electron chi connectivity index (χ1n) is 10.4. The molecule has 28 heavy (non-hydrogen) atoms. The number of aromatic nitrogens is 2. The highest BCUT2D eigenvalue weighted by Crippen LogP contribution is 2.21. The van der Waals surface area contributed by atoms with Gasteiger partial charge in [0.05, 0.1) is 0 Å². The largest absolute Gasteiger partial charge is 0.361 e. The normalized spacial score (nSPS) is 20.1. The van der Waals surface area contributed by atoms with Crippen molar-refractivity contribution < 1.29 is 0 Å². The zero-order chi connectivity index (χ0) is 18.8. The number of aromatic amines is 2. The maximum Gasteiger partial charge on any atom is 0.0457 e. The lowest BCUT2D eigenvalue weighted by molar-refractivity contribution is 0.281. The van der Waals surface area contributed by atoms with Crippen LogP contribution in [-0.4, -0.2) is 22.1 Å². The third kappa shape index (κ3) is 3.71. The van der Waals surface area contributed by atoms with Crippen LogP contribution in [0.3, 0.4) is 0 Å². The Morgan fingerprint density at radius 1 is 0.679 bits per heavy atom. The molecule has 0 unspecified atom stereocenters. The molecule has 0 saturated heterocycles. The molecule has 4 heteroatoms. The molecule has 0 amide bonds. The number of nitrogens with one attached hydrogen (secondary N) is 4. The SMILES string of the molecule is c1cc2ccc(CN[C@@H]3CCCC[C@H]3NCc3ccc4cc[nH]c4c3)cc2[nH]1. The summed E-state index contributed by atoms with van der Waals surface area (Å²) in [5.41, 5.74) is 5.13. The van der Waals surface area contributed by atoms with Crippen molar-refractivity contribution in [3.05, 3.63) is 72.1 Å². The van der Waals surface area contributed by atoms with Crippen LogP contribution in [0.25, 0.3) is 21.8 Å². The van der Waals surface area contributed by atoms with Crippen molar-refractivity contribution in [1.29, 1.82) is 0 Å². The molecule has 0 aliphatic heterocycles. The summed E-state index contributed by atoms with van der Waals surface area (Å²) in [7, 11) is 0. The summed E-state index contributed by atoms with van der Waals surface area (Å²) < 4.78 is 0. The van der Waals surface area contributed by atoms with E-state index in [1.807, 2.05) is 12.4 Å². The minimum atomic E-state index is 0.530. The van der Waals surface area contributed by atoms with Gasteiger partial charge in [0, 0.05) is 48.6 Å². The lowest BCUT2D eigenvalue weighted by Gasteiger charge is -2.33. The molecule has 0 spiro atoms. The number of benzene rings is 2. The van der Waals surface area contributed by atoms with Crippen LogP contribution in [0.4, 0.5) is 0 Å². The quantitative estimate of drug-likeness (QED) is 0.391. The standard InChI is InChI=1S/C24H28N4/c1-2-4-22(28-16-18-6-8-20-10-12-26-24(20)14-18)21(3-1)27-15-17-5-7-19-9-11-25-23(19)13-17/h5-14,21-22,25-28H,1-4,15-16H2/t21-,22-/m1/s1. The summed E-state index contributed by atoms with van der Waals surface area (Å²) in [5, 5.41) is 10.2. The highest BCUT2D eigenvalue weighted by molar-refractivity contribution is 5.80. The summed E-state index contributed by atoms with van der Waals surface area (Å²) in [6, 6.07) is 18.7. The first-order valence-corrected chi connectivity index (χ1v) is 10.4. The Morgan fingerprint density at radius 2 is 1.18 bits per heavy atom. The predicted octanol–water partition coefficient (Wildman–Crippen LogP) is 4.84. The fourth-order valence-corrected chi connectivity index (χ4v) is 4.53. The highest BCUT2D eigenvalue weighted by atomic mass is 15.0. The lowest BCUT2D eigenvalue weighted by atomic mass is 9.90. The maximum absolute atomic E-state index is 3.82. The van der Waals surface area contributed by atoms with Gasteiger partial charge in [-0.05, 0) is 59.0 Å². The smallest absolute Gasteiger partial charge is 0.0457 e. The van der Waals surface area contributed by atoms with Crippen LogP contribution >= 0.6 is 0 Å². The molecule has 2 aromatic heterocycles. The van der Waals surface area contributed by atoms with Crippen molar-refractivity contribution in [3.63, 3.8) is 0 Å². The molecule has 2 aromatic carbocycles. The van der Waals surface area contributed by atoms with Gasteiger partial charge in [-0.2, -0.15) is 0 Å². The first kappa shape index (κ1) is 17.5. The molecule has 1 fully saturated rings. The lowest BCUT2D eigenvalue weighted by Crippen LogP contribution is -2.49. The third-order valence-corrected chi connectivity index (χ3v) is 6.14. The van der Waals surface area contributed by atoms with Crippen LogP contribution in [-0.2, 0) is 13.1 Å². The third-order valence-electron chi connectivity index (χ3n) is 6.14. The monoisotopic (exact) mass is 372 g/mol. The minimum Gasteiger partial charge on any atom is -0.361 e. The fourth-order valence-electron chi connectivity index (χ4n) is 4.53. The average Bonchev–Trinajstić information content (AvgIpc) is 3.39. The van der Waals surface area contributed by atoms with Crippen molar-refractivity contribution >= 4 is 21.8 Å². The Labute approximate surface area is 165 Å². The number of hydrogen-bond acceptors (Lipinski definition) is 2. The second-order valence-electron chi connectivity index (χ2n) is 8.06. The molecule has 5 rings (SSSR count). The van der Waals surface area contributed by atoms with E-state index in [2.05, 4.69) is 69.1 Å². The Balaban J connectivity index is 1.21. The summed E-state index contributed by atoms with van der Waals surface area (Å²) in [5.74, 6) is 0. The number of fused-ring (bicyclic) bond motifs is 2. The summed E-state index contributed by atoms with van der Waals surface area (Å²) in [6.07, 6.45) is 9.15. The first-order chi connectivity index (χ1) is 13.8. The zero-order valence-electron chi connectivity index (χ0n) is 16.2. The second-order valence-corrected chi connectivity index (χ2v) is 8.06. The number of hydrogen-bond donors (Lipinski definition) is 4. The average molecular weight is 373 g/mol. The van der Waals surface area contributed by atoms with Crippen LogP contribution in [0.5, 0.6) is 0 Å². The number of H-pyrrole nitrogens is 2. The van der Waals surface area contributed by atoms with Gasteiger partial charge in [-0.15, -0.1) is 0 Å². The van der Waals surface area contributed by atoms with Crippen molar-refractivity contribution in [1.82, 2.24) is 20.6 Å². The maximum atomic E-state index is 3.82. The van der Waals surface area contributed by atoms with Crippen molar-refractivity contribution in [2.45, 2.75) is 50.9 Å². The predicted molar refractivity (Wildman–Crippen MR) is 116 cm³/mol. The van der Waals surface area contributed by atoms with Crippen molar-refractivity contribution in [2.75, 3.05) is 0 Å². The van der Waals surface area contributed by atoms with E-state index in [0.29, 0.717) is 12.1 Å².